The van der Waals surface area contributed by atoms with E-state index in [9.17, 15) is 14.0 Å². The molecule has 2 unspecified atom stereocenters. The summed E-state index contributed by atoms with van der Waals surface area (Å²) in [6.45, 7) is 6.90. The molecule has 3 rings (SSSR count). The number of piperazine rings is 1. The first kappa shape index (κ1) is 23.7. The average molecular weight is 443 g/mol. The first-order valence-electron chi connectivity index (χ1n) is 10.8. The number of halogens is 1. The minimum atomic E-state index is -0.386. The Balaban J connectivity index is 1.45. The number of hydrogen-bond acceptors (Lipinski definition) is 5. The molecule has 2 atom stereocenters. The molecule has 0 aliphatic carbocycles. The van der Waals surface area contributed by atoms with Crippen LogP contribution in [0.2, 0.25) is 0 Å². The number of carbonyl (C=O) groups excluding carboxylic acids is 2. The van der Waals surface area contributed by atoms with Crippen LogP contribution in [0.3, 0.4) is 0 Å². The Morgan fingerprint density at radius 2 is 1.59 bits per heavy atom. The number of nitrogens with zero attached hydrogens (tertiary/aromatic N) is 2. The van der Waals surface area contributed by atoms with Gasteiger partial charge in [0.05, 0.1) is 19.2 Å². The van der Waals surface area contributed by atoms with Gasteiger partial charge in [-0.05, 0) is 49.7 Å². The summed E-state index contributed by atoms with van der Waals surface area (Å²) >= 11 is 0. The van der Waals surface area contributed by atoms with Gasteiger partial charge in [-0.25, -0.2) is 4.39 Å². The van der Waals surface area contributed by atoms with Crippen LogP contribution in [-0.2, 0) is 16.1 Å². The second-order valence-electron chi connectivity index (χ2n) is 7.99. The molecule has 2 N–H and O–H groups in total. The van der Waals surface area contributed by atoms with E-state index in [0.29, 0.717) is 38.4 Å². The third-order valence-corrected chi connectivity index (χ3v) is 5.90. The van der Waals surface area contributed by atoms with Gasteiger partial charge in [0.1, 0.15) is 11.6 Å². The van der Waals surface area contributed by atoms with Crippen molar-refractivity contribution in [2.45, 2.75) is 32.5 Å². The minimum absolute atomic E-state index is 0.0295. The third-order valence-electron chi connectivity index (χ3n) is 5.90. The zero-order valence-corrected chi connectivity index (χ0v) is 18.8. The highest BCUT2D eigenvalue weighted by atomic mass is 19.1. The van der Waals surface area contributed by atoms with Crippen LogP contribution in [0, 0.1) is 5.82 Å². The molecule has 7 nitrogen and oxygen atoms in total. The fourth-order valence-corrected chi connectivity index (χ4v) is 3.78. The summed E-state index contributed by atoms with van der Waals surface area (Å²) in [5.74, 6) is 0.172. The number of carbonyl (C=O) groups is 2. The van der Waals surface area contributed by atoms with E-state index in [0.717, 1.165) is 11.3 Å². The standard InChI is InChI=1S/C24H31FN4O3/c1-17(23(30)26-16-19-6-4-9-22(14-19)32-3)28-10-12-29(13-11-28)18(2)24(31)27-21-8-5-7-20(25)15-21/h4-9,14-15,17-18H,10-13,16H2,1-3H3,(H,26,30)(H,27,31). The maximum Gasteiger partial charge on any atom is 0.241 e. The Kier molecular flexibility index (Phi) is 8.19. The highest BCUT2D eigenvalue weighted by Crippen LogP contribution is 2.15. The molecule has 172 valence electrons. The number of hydrogen-bond donors (Lipinski definition) is 2. The maximum atomic E-state index is 13.3. The van der Waals surface area contributed by atoms with Crippen molar-refractivity contribution in [3.05, 3.63) is 59.9 Å². The van der Waals surface area contributed by atoms with Crippen molar-refractivity contribution >= 4 is 17.5 Å². The number of rotatable bonds is 8. The van der Waals surface area contributed by atoms with Gasteiger partial charge in [0, 0.05) is 38.4 Å². The summed E-state index contributed by atoms with van der Waals surface area (Å²) in [6.07, 6.45) is 0. The van der Waals surface area contributed by atoms with Gasteiger partial charge < -0.3 is 15.4 Å². The van der Waals surface area contributed by atoms with Crippen molar-refractivity contribution in [3.8, 4) is 5.75 Å². The number of benzene rings is 2. The number of amides is 2. The third kappa shape index (κ3) is 6.27. The predicted octanol–water partition coefficient (Wildman–Crippen LogP) is 2.48. The first-order chi connectivity index (χ1) is 15.4. The van der Waals surface area contributed by atoms with E-state index < -0.39 is 0 Å². The second kappa shape index (κ2) is 11.1. The lowest BCUT2D eigenvalue weighted by Crippen LogP contribution is -2.57. The molecule has 0 aromatic heterocycles. The smallest absolute Gasteiger partial charge is 0.241 e. The largest absolute Gasteiger partial charge is 0.497 e. The van der Waals surface area contributed by atoms with E-state index in [2.05, 4.69) is 20.4 Å². The zero-order chi connectivity index (χ0) is 23.1. The van der Waals surface area contributed by atoms with Crippen LogP contribution in [-0.4, -0.2) is 67.0 Å². The molecule has 2 amide bonds. The lowest BCUT2D eigenvalue weighted by molar-refractivity contribution is -0.128. The van der Waals surface area contributed by atoms with E-state index in [1.54, 1.807) is 19.2 Å². The van der Waals surface area contributed by atoms with Gasteiger partial charge in [0.25, 0.3) is 0 Å². The van der Waals surface area contributed by atoms with Crippen LogP contribution >= 0.6 is 0 Å². The molecule has 2 aromatic carbocycles. The molecule has 0 bridgehead atoms. The van der Waals surface area contributed by atoms with E-state index in [4.69, 9.17) is 4.74 Å². The zero-order valence-electron chi connectivity index (χ0n) is 18.8. The van der Waals surface area contributed by atoms with Crippen molar-refractivity contribution in [1.82, 2.24) is 15.1 Å². The highest BCUT2D eigenvalue weighted by Gasteiger charge is 2.29. The Labute approximate surface area is 188 Å². The van der Waals surface area contributed by atoms with Crippen LogP contribution in [0.15, 0.2) is 48.5 Å². The van der Waals surface area contributed by atoms with Gasteiger partial charge in [-0.3, -0.25) is 19.4 Å². The molecule has 8 heteroatoms. The Hall–Kier alpha value is -2.97. The van der Waals surface area contributed by atoms with Gasteiger partial charge in [0.2, 0.25) is 11.8 Å². The van der Waals surface area contributed by atoms with Crippen LogP contribution < -0.4 is 15.4 Å². The lowest BCUT2D eigenvalue weighted by atomic mass is 10.1. The molecule has 2 aromatic rings. The SMILES string of the molecule is COc1cccc(CNC(=O)C(C)N2CCN(C(C)C(=O)Nc3cccc(F)c3)CC2)c1. The molecule has 1 saturated heterocycles. The van der Waals surface area contributed by atoms with Crippen molar-refractivity contribution in [2.75, 3.05) is 38.6 Å². The Bertz CT molecular complexity index is 931. The summed E-state index contributed by atoms with van der Waals surface area (Å²) in [5, 5.41) is 5.75. The summed E-state index contributed by atoms with van der Waals surface area (Å²) in [7, 11) is 1.62. The molecule has 1 heterocycles. The van der Waals surface area contributed by atoms with Crippen molar-refractivity contribution in [2.24, 2.45) is 0 Å². The van der Waals surface area contributed by atoms with Crippen molar-refractivity contribution < 1.29 is 18.7 Å². The summed E-state index contributed by atoms with van der Waals surface area (Å²) in [5.41, 5.74) is 1.43. The minimum Gasteiger partial charge on any atom is -0.497 e. The predicted molar refractivity (Wildman–Crippen MR) is 122 cm³/mol. The number of anilines is 1. The van der Waals surface area contributed by atoms with Gasteiger partial charge in [-0.15, -0.1) is 0 Å². The molecule has 0 radical (unpaired) electrons. The van der Waals surface area contributed by atoms with Crippen molar-refractivity contribution in [3.63, 3.8) is 0 Å². The van der Waals surface area contributed by atoms with Gasteiger partial charge in [0.15, 0.2) is 0 Å². The van der Waals surface area contributed by atoms with Gasteiger partial charge in [-0.1, -0.05) is 18.2 Å². The fraction of sp³-hybridized carbons (Fsp3) is 0.417. The maximum absolute atomic E-state index is 13.3. The van der Waals surface area contributed by atoms with Crippen LogP contribution in [0.1, 0.15) is 19.4 Å². The highest BCUT2D eigenvalue weighted by molar-refractivity contribution is 5.94. The topological polar surface area (TPSA) is 73.9 Å². The fourth-order valence-electron chi connectivity index (χ4n) is 3.78. The lowest BCUT2D eigenvalue weighted by Gasteiger charge is -2.39. The summed E-state index contributed by atoms with van der Waals surface area (Å²) in [4.78, 5) is 29.4. The van der Waals surface area contributed by atoms with E-state index >= 15 is 0 Å². The van der Waals surface area contributed by atoms with E-state index in [-0.39, 0.29) is 29.7 Å². The molecular formula is C24H31FN4O3. The quantitative estimate of drug-likeness (QED) is 0.657. The first-order valence-corrected chi connectivity index (χ1v) is 10.8. The van der Waals surface area contributed by atoms with E-state index in [1.807, 2.05) is 38.1 Å². The van der Waals surface area contributed by atoms with Crippen LogP contribution in [0.4, 0.5) is 10.1 Å². The number of ether oxygens (including phenoxy) is 1. The molecule has 0 spiro atoms. The second-order valence-corrected chi connectivity index (χ2v) is 7.99. The number of nitrogens with one attached hydrogen (secondary N) is 2. The van der Waals surface area contributed by atoms with Crippen LogP contribution in [0.5, 0.6) is 5.75 Å². The van der Waals surface area contributed by atoms with Crippen LogP contribution in [0.25, 0.3) is 0 Å². The Morgan fingerprint density at radius 1 is 0.969 bits per heavy atom. The van der Waals surface area contributed by atoms with Gasteiger partial charge >= 0.3 is 0 Å². The monoisotopic (exact) mass is 442 g/mol. The Morgan fingerprint density at radius 3 is 2.22 bits per heavy atom. The molecule has 32 heavy (non-hydrogen) atoms. The average Bonchev–Trinajstić information content (AvgIpc) is 2.81. The molecule has 1 fully saturated rings. The van der Waals surface area contributed by atoms with Gasteiger partial charge in [-0.2, -0.15) is 0 Å². The molecular weight excluding hydrogens is 411 g/mol. The van der Waals surface area contributed by atoms with Crippen molar-refractivity contribution in [1.29, 1.82) is 0 Å². The summed E-state index contributed by atoms with van der Waals surface area (Å²) < 4.78 is 18.6. The molecule has 1 aliphatic heterocycles. The molecule has 1 aliphatic rings. The molecule has 0 saturated carbocycles. The number of methoxy groups -OCH3 is 1. The summed E-state index contributed by atoms with van der Waals surface area (Å²) in [6, 6.07) is 12.9. The van der Waals surface area contributed by atoms with E-state index in [1.165, 1.54) is 12.1 Å². The normalized spacial score (nSPS) is 16.8.